The number of carbonyl (C=O) groups is 1. The lowest BCUT2D eigenvalue weighted by Gasteiger charge is -2.10. The van der Waals surface area contributed by atoms with E-state index in [4.69, 9.17) is 28.9 Å². The van der Waals surface area contributed by atoms with Crippen LogP contribution in [0.5, 0.6) is 0 Å². The summed E-state index contributed by atoms with van der Waals surface area (Å²) < 4.78 is 2.05. The number of primary amides is 1. The van der Waals surface area contributed by atoms with Gasteiger partial charge in [-0.05, 0) is 36.2 Å². The summed E-state index contributed by atoms with van der Waals surface area (Å²) in [6.07, 6.45) is 1.59. The molecule has 124 valence electrons. The van der Waals surface area contributed by atoms with Crippen molar-refractivity contribution in [1.29, 1.82) is 0 Å². The molecule has 2 aromatic carbocycles. The van der Waals surface area contributed by atoms with Gasteiger partial charge in [0.25, 0.3) is 0 Å². The molecular formula is C18H17Cl2N3O. The number of amides is 1. The highest BCUT2D eigenvalue weighted by molar-refractivity contribution is 6.34. The number of nitrogens with two attached hydrogens (primary N) is 1. The fourth-order valence-electron chi connectivity index (χ4n) is 2.78. The molecule has 4 nitrogen and oxygen atoms in total. The van der Waals surface area contributed by atoms with Gasteiger partial charge >= 0.3 is 0 Å². The first-order valence-electron chi connectivity index (χ1n) is 7.71. The number of carbonyl (C=O) groups excluding carboxylic acids is 1. The van der Waals surface area contributed by atoms with Crippen LogP contribution in [0.4, 0.5) is 0 Å². The second-order valence-corrected chi connectivity index (χ2v) is 6.29. The monoisotopic (exact) mass is 361 g/mol. The molecule has 0 fully saturated rings. The summed E-state index contributed by atoms with van der Waals surface area (Å²) >= 11 is 12.0. The lowest BCUT2D eigenvalue weighted by molar-refractivity contribution is 0.100. The highest BCUT2D eigenvalue weighted by atomic mass is 35.5. The number of halogens is 2. The minimum atomic E-state index is -0.556. The van der Waals surface area contributed by atoms with Crippen LogP contribution in [0.15, 0.2) is 36.4 Å². The number of hydrogen-bond donors (Lipinski definition) is 1. The molecule has 1 aromatic heterocycles. The molecular weight excluding hydrogens is 345 g/mol. The third-order valence-corrected chi connectivity index (χ3v) is 4.47. The number of nitrogens with zero attached hydrogens (tertiary/aromatic N) is 2. The molecule has 3 rings (SSSR count). The van der Waals surface area contributed by atoms with E-state index in [2.05, 4.69) is 21.7 Å². The maximum atomic E-state index is 11.5. The van der Waals surface area contributed by atoms with Gasteiger partial charge in [-0.3, -0.25) is 9.36 Å². The van der Waals surface area contributed by atoms with E-state index in [1.54, 1.807) is 12.1 Å². The first kappa shape index (κ1) is 16.8. The molecule has 0 radical (unpaired) electrons. The molecule has 6 heteroatoms. The molecule has 3 aromatic rings. The summed E-state index contributed by atoms with van der Waals surface area (Å²) in [7, 11) is 0. The normalized spacial score (nSPS) is 11.1. The standard InChI is InChI=1S/C18H17Cl2N3O/c1-2-17-22-15-9-13(18(21)24)14(20)10-16(15)23(17)12-5-3-11(4-6-12)7-8-19/h3-6,9-10H,2,7-8H2,1H3,(H2,21,24). The zero-order valence-corrected chi connectivity index (χ0v) is 14.7. The average molecular weight is 362 g/mol. The van der Waals surface area contributed by atoms with Gasteiger partial charge < -0.3 is 5.73 Å². The molecule has 1 amide bonds. The second-order valence-electron chi connectivity index (χ2n) is 5.51. The van der Waals surface area contributed by atoms with Gasteiger partial charge in [0.15, 0.2) is 0 Å². The number of aryl methyl sites for hydroxylation is 2. The lowest BCUT2D eigenvalue weighted by atomic mass is 10.1. The molecule has 0 bridgehead atoms. The third-order valence-electron chi connectivity index (χ3n) is 3.97. The van der Waals surface area contributed by atoms with Gasteiger partial charge in [0, 0.05) is 18.0 Å². The van der Waals surface area contributed by atoms with E-state index in [1.807, 2.05) is 19.1 Å². The van der Waals surface area contributed by atoms with Crippen molar-refractivity contribution < 1.29 is 4.79 Å². The van der Waals surface area contributed by atoms with Crippen LogP contribution in [-0.4, -0.2) is 21.3 Å². The molecule has 0 aliphatic heterocycles. The van der Waals surface area contributed by atoms with Crippen molar-refractivity contribution >= 4 is 40.1 Å². The van der Waals surface area contributed by atoms with Gasteiger partial charge in [0.1, 0.15) is 5.82 Å². The van der Waals surface area contributed by atoms with E-state index in [9.17, 15) is 4.79 Å². The van der Waals surface area contributed by atoms with Gasteiger partial charge in [-0.25, -0.2) is 4.98 Å². The Kier molecular flexibility index (Phi) is 4.78. The quantitative estimate of drug-likeness (QED) is 0.694. The van der Waals surface area contributed by atoms with E-state index in [0.29, 0.717) is 16.4 Å². The van der Waals surface area contributed by atoms with E-state index in [-0.39, 0.29) is 5.56 Å². The zero-order chi connectivity index (χ0) is 17.3. The number of hydrogen-bond acceptors (Lipinski definition) is 2. The van der Waals surface area contributed by atoms with Crippen LogP contribution in [0, 0.1) is 0 Å². The minimum absolute atomic E-state index is 0.286. The summed E-state index contributed by atoms with van der Waals surface area (Å²) in [5.41, 5.74) is 9.40. The van der Waals surface area contributed by atoms with E-state index in [0.717, 1.165) is 29.9 Å². The van der Waals surface area contributed by atoms with Gasteiger partial charge in [-0.15, -0.1) is 11.6 Å². The fraction of sp³-hybridized carbons (Fsp3) is 0.222. The SMILES string of the molecule is CCc1nc2cc(C(N)=O)c(Cl)cc2n1-c1ccc(CCCl)cc1. The summed E-state index contributed by atoms with van der Waals surface area (Å²) in [6, 6.07) is 11.6. The molecule has 0 unspecified atom stereocenters. The Morgan fingerprint density at radius 3 is 2.54 bits per heavy atom. The Labute approximate surface area is 150 Å². The van der Waals surface area contributed by atoms with E-state index < -0.39 is 5.91 Å². The first-order chi connectivity index (χ1) is 11.5. The average Bonchev–Trinajstić information content (AvgIpc) is 2.92. The highest BCUT2D eigenvalue weighted by Gasteiger charge is 2.16. The zero-order valence-electron chi connectivity index (χ0n) is 13.2. The van der Waals surface area contributed by atoms with Crippen LogP contribution in [0.1, 0.15) is 28.7 Å². The number of rotatable bonds is 5. The third kappa shape index (κ3) is 2.99. The van der Waals surface area contributed by atoms with Gasteiger partial charge in [0.05, 0.1) is 21.6 Å². The minimum Gasteiger partial charge on any atom is -0.366 e. The van der Waals surface area contributed by atoms with Gasteiger partial charge in [-0.2, -0.15) is 0 Å². The molecule has 0 spiro atoms. The van der Waals surface area contributed by atoms with Crippen molar-refractivity contribution in [3.8, 4) is 5.69 Å². The Balaban J connectivity index is 2.19. The fourth-order valence-corrected chi connectivity index (χ4v) is 3.25. The molecule has 0 atom stereocenters. The smallest absolute Gasteiger partial charge is 0.250 e. The first-order valence-corrected chi connectivity index (χ1v) is 8.62. The Morgan fingerprint density at radius 2 is 1.96 bits per heavy atom. The van der Waals surface area contributed by atoms with Crippen molar-refractivity contribution in [2.24, 2.45) is 5.73 Å². The van der Waals surface area contributed by atoms with Crippen molar-refractivity contribution in [2.75, 3.05) is 5.88 Å². The maximum Gasteiger partial charge on any atom is 0.250 e. The topological polar surface area (TPSA) is 60.9 Å². The largest absolute Gasteiger partial charge is 0.366 e. The number of benzene rings is 2. The van der Waals surface area contributed by atoms with Crippen LogP contribution in [0.3, 0.4) is 0 Å². The summed E-state index contributed by atoms with van der Waals surface area (Å²) in [4.78, 5) is 16.1. The number of imidazole rings is 1. The highest BCUT2D eigenvalue weighted by Crippen LogP contribution is 2.28. The van der Waals surface area contributed by atoms with Crippen molar-refractivity contribution in [3.05, 3.63) is 58.4 Å². The van der Waals surface area contributed by atoms with Gasteiger partial charge in [-0.1, -0.05) is 30.7 Å². The molecule has 2 N–H and O–H groups in total. The van der Waals surface area contributed by atoms with Crippen LogP contribution >= 0.6 is 23.2 Å². The molecule has 0 aliphatic rings. The van der Waals surface area contributed by atoms with E-state index >= 15 is 0 Å². The van der Waals surface area contributed by atoms with Crippen molar-refractivity contribution in [3.63, 3.8) is 0 Å². The summed E-state index contributed by atoms with van der Waals surface area (Å²) in [6.45, 7) is 2.04. The molecule has 24 heavy (non-hydrogen) atoms. The molecule has 1 heterocycles. The Hall–Kier alpha value is -2.04. The molecule has 0 saturated heterocycles. The van der Waals surface area contributed by atoms with Crippen LogP contribution < -0.4 is 5.73 Å². The Bertz CT molecular complexity index is 901. The van der Waals surface area contributed by atoms with Crippen LogP contribution in [-0.2, 0) is 12.8 Å². The predicted octanol–water partition coefficient (Wildman–Crippen LogP) is 4.12. The molecule has 0 aliphatic carbocycles. The molecule has 0 saturated carbocycles. The summed E-state index contributed by atoms with van der Waals surface area (Å²) in [5, 5.41) is 0.331. The number of fused-ring (bicyclic) bond motifs is 1. The second kappa shape index (κ2) is 6.83. The van der Waals surface area contributed by atoms with E-state index in [1.165, 1.54) is 5.56 Å². The van der Waals surface area contributed by atoms with Gasteiger partial charge in [0.2, 0.25) is 5.91 Å². The number of alkyl halides is 1. The lowest BCUT2D eigenvalue weighted by Crippen LogP contribution is -2.11. The Morgan fingerprint density at radius 1 is 1.25 bits per heavy atom. The van der Waals surface area contributed by atoms with Crippen molar-refractivity contribution in [1.82, 2.24) is 9.55 Å². The summed E-state index contributed by atoms with van der Waals surface area (Å²) in [5.74, 6) is 0.937. The van der Waals surface area contributed by atoms with Crippen molar-refractivity contribution in [2.45, 2.75) is 19.8 Å². The van der Waals surface area contributed by atoms with Crippen LogP contribution in [0.25, 0.3) is 16.7 Å². The predicted molar refractivity (Wildman–Crippen MR) is 98.4 cm³/mol. The maximum absolute atomic E-state index is 11.5. The van der Waals surface area contributed by atoms with Crippen LogP contribution in [0.2, 0.25) is 5.02 Å². The number of aromatic nitrogens is 2.